The molecule has 2 N–H and O–H groups in total. The molecule has 0 saturated carbocycles. The van der Waals surface area contributed by atoms with Crippen LogP contribution in [0.4, 0.5) is 11.4 Å². The summed E-state index contributed by atoms with van der Waals surface area (Å²) in [5, 5.41) is 6.30. The average molecular weight is 335 g/mol. The molecule has 2 aromatic carbocycles. The predicted molar refractivity (Wildman–Crippen MR) is 87.7 cm³/mol. The van der Waals surface area contributed by atoms with Crippen molar-refractivity contribution >= 4 is 28.9 Å². The Bertz CT molecular complexity index is 736. The van der Waals surface area contributed by atoms with Crippen LogP contribution in [0.5, 0.6) is 17.2 Å². The number of carbonyl (C=O) groups is 1. The van der Waals surface area contributed by atoms with E-state index in [1.54, 1.807) is 30.3 Å². The molecule has 120 valence electrons. The second-order valence-corrected chi connectivity index (χ2v) is 5.25. The molecule has 0 saturated heterocycles. The van der Waals surface area contributed by atoms with Crippen molar-refractivity contribution in [3.8, 4) is 17.2 Å². The molecule has 1 aliphatic rings. The molecular weight excluding hydrogens is 320 g/mol. The van der Waals surface area contributed by atoms with Crippen molar-refractivity contribution in [3.05, 3.63) is 41.4 Å². The first kappa shape index (κ1) is 15.3. The molecule has 1 heterocycles. The summed E-state index contributed by atoms with van der Waals surface area (Å²) >= 11 is 5.94. The van der Waals surface area contributed by atoms with Crippen LogP contribution < -0.4 is 24.8 Å². The summed E-state index contributed by atoms with van der Waals surface area (Å²) in [5.41, 5.74) is 1.29. The third-order valence-corrected chi connectivity index (χ3v) is 3.50. The molecule has 0 atom stereocenters. The minimum Gasteiger partial charge on any atom is -0.495 e. The molecule has 23 heavy (non-hydrogen) atoms. The fourth-order valence-corrected chi connectivity index (χ4v) is 2.33. The number of hydrogen-bond acceptors (Lipinski definition) is 5. The van der Waals surface area contributed by atoms with Gasteiger partial charge >= 0.3 is 0 Å². The van der Waals surface area contributed by atoms with Crippen LogP contribution in [0.3, 0.4) is 0 Å². The molecule has 6 nitrogen and oxygen atoms in total. The lowest BCUT2D eigenvalue weighted by Crippen LogP contribution is -2.22. The number of rotatable bonds is 5. The molecule has 1 amide bonds. The van der Waals surface area contributed by atoms with Gasteiger partial charge in [0.25, 0.3) is 0 Å². The number of amides is 1. The summed E-state index contributed by atoms with van der Waals surface area (Å²) in [6, 6.07) is 10.4. The van der Waals surface area contributed by atoms with Crippen molar-refractivity contribution < 1.29 is 19.0 Å². The molecule has 0 unspecified atom stereocenters. The van der Waals surface area contributed by atoms with Gasteiger partial charge in [-0.25, -0.2) is 0 Å². The smallest absolute Gasteiger partial charge is 0.243 e. The van der Waals surface area contributed by atoms with Gasteiger partial charge in [0.1, 0.15) is 5.75 Å². The number of fused-ring (bicyclic) bond motifs is 1. The van der Waals surface area contributed by atoms with Gasteiger partial charge in [-0.3, -0.25) is 4.79 Å². The topological polar surface area (TPSA) is 68.8 Å². The maximum Gasteiger partial charge on any atom is 0.243 e. The Hall–Kier alpha value is -2.60. The van der Waals surface area contributed by atoms with E-state index in [-0.39, 0.29) is 19.2 Å². The van der Waals surface area contributed by atoms with Gasteiger partial charge in [0.05, 0.1) is 19.3 Å². The Morgan fingerprint density at radius 1 is 1.22 bits per heavy atom. The SMILES string of the molecule is COc1ccc(Cl)cc1NC(=O)CNc1ccc2c(c1)OCO2. The molecule has 2 aromatic rings. The first-order chi connectivity index (χ1) is 11.2. The van der Waals surface area contributed by atoms with Gasteiger partial charge < -0.3 is 24.8 Å². The number of nitrogens with one attached hydrogen (secondary N) is 2. The van der Waals surface area contributed by atoms with Crippen LogP contribution in [0, 0.1) is 0 Å². The third-order valence-electron chi connectivity index (χ3n) is 3.26. The molecule has 0 fully saturated rings. The summed E-state index contributed by atoms with van der Waals surface area (Å²) in [4.78, 5) is 12.1. The van der Waals surface area contributed by atoms with E-state index in [1.165, 1.54) is 7.11 Å². The molecule has 0 radical (unpaired) electrons. The Balaban J connectivity index is 1.61. The molecule has 7 heteroatoms. The van der Waals surface area contributed by atoms with Crippen molar-refractivity contribution in [2.45, 2.75) is 0 Å². The quantitative estimate of drug-likeness (QED) is 0.879. The third kappa shape index (κ3) is 3.60. The second kappa shape index (κ2) is 6.66. The van der Waals surface area contributed by atoms with Crippen LogP contribution in [0.1, 0.15) is 0 Å². The highest BCUT2D eigenvalue weighted by atomic mass is 35.5. The predicted octanol–water partition coefficient (Wildman–Crippen LogP) is 3.13. The summed E-state index contributed by atoms with van der Waals surface area (Å²) in [6.07, 6.45) is 0. The van der Waals surface area contributed by atoms with Crippen molar-refractivity contribution in [3.63, 3.8) is 0 Å². The van der Waals surface area contributed by atoms with Gasteiger partial charge in [-0.2, -0.15) is 0 Å². The van der Waals surface area contributed by atoms with Gasteiger partial charge in [-0.15, -0.1) is 0 Å². The van der Waals surface area contributed by atoms with E-state index in [0.717, 1.165) is 5.69 Å². The van der Waals surface area contributed by atoms with Crippen molar-refractivity contribution in [2.24, 2.45) is 0 Å². The minimum absolute atomic E-state index is 0.0926. The van der Waals surface area contributed by atoms with E-state index in [9.17, 15) is 4.79 Å². The highest BCUT2D eigenvalue weighted by molar-refractivity contribution is 6.31. The van der Waals surface area contributed by atoms with E-state index in [4.69, 9.17) is 25.8 Å². The average Bonchev–Trinajstić information content (AvgIpc) is 3.01. The number of benzene rings is 2. The minimum atomic E-state index is -0.219. The van der Waals surface area contributed by atoms with Gasteiger partial charge in [0.15, 0.2) is 11.5 Å². The molecule has 0 aliphatic carbocycles. The van der Waals surface area contributed by atoms with Crippen LogP contribution >= 0.6 is 11.6 Å². The van der Waals surface area contributed by atoms with E-state index < -0.39 is 0 Å². The van der Waals surface area contributed by atoms with Crippen LogP contribution in [0.15, 0.2) is 36.4 Å². The highest BCUT2D eigenvalue weighted by Gasteiger charge is 2.14. The molecule has 3 rings (SSSR count). The number of halogens is 1. The largest absolute Gasteiger partial charge is 0.495 e. The zero-order valence-corrected chi connectivity index (χ0v) is 13.1. The molecule has 1 aliphatic heterocycles. The summed E-state index contributed by atoms with van der Waals surface area (Å²) < 4.78 is 15.7. The lowest BCUT2D eigenvalue weighted by atomic mass is 10.2. The van der Waals surface area contributed by atoms with Crippen LogP contribution in [-0.4, -0.2) is 26.4 Å². The van der Waals surface area contributed by atoms with Crippen molar-refractivity contribution in [1.29, 1.82) is 0 Å². The number of ether oxygens (including phenoxy) is 3. The lowest BCUT2D eigenvalue weighted by Gasteiger charge is -2.11. The molecule has 0 aromatic heterocycles. The number of carbonyl (C=O) groups excluding carboxylic acids is 1. The van der Waals surface area contributed by atoms with Gasteiger partial charge in [-0.1, -0.05) is 11.6 Å². The zero-order valence-electron chi connectivity index (χ0n) is 12.4. The maximum absolute atomic E-state index is 12.1. The van der Waals surface area contributed by atoms with E-state index in [2.05, 4.69) is 10.6 Å². The monoisotopic (exact) mass is 334 g/mol. The Kier molecular flexibility index (Phi) is 4.43. The van der Waals surface area contributed by atoms with Gasteiger partial charge in [0, 0.05) is 16.8 Å². The highest BCUT2D eigenvalue weighted by Crippen LogP contribution is 2.34. The normalized spacial score (nSPS) is 11.9. The van der Waals surface area contributed by atoms with E-state index >= 15 is 0 Å². The Labute approximate surface area is 138 Å². The van der Waals surface area contributed by atoms with Crippen molar-refractivity contribution in [1.82, 2.24) is 0 Å². The number of methoxy groups -OCH3 is 1. The van der Waals surface area contributed by atoms with Crippen LogP contribution in [0.25, 0.3) is 0 Å². The first-order valence-corrected chi connectivity index (χ1v) is 7.30. The van der Waals surface area contributed by atoms with Gasteiger partial charge in [-0.05, 0) is 30.3 Å². The zero-order chi connectivity index (χ0) is 16.2. The molecule has 0 bridgehead atoms. The fraction of sp³-hybridized carbons (Fsp3) is 0.188. The Morgan fingerprint density at radius 3 is 2.87 bits per heavy atom. The van der Waals surface area contributed by atoms with Crippen LogP contribution in [-0.2, 0) is 4.79 Å². The second-order valence-electron chi connectivity index (χ2n) is 4.81. The fourth-order valence-electron chi connectivity index (χ4n) is 2.16. The summed E-state index contributed by atoms with van der Waals surface area (Å²) in [7, 11) is 1.53. The maximum atomic E-state index is 12.1. The van der Waals surface area contributed by atoms with Crippen LogP contribution in [0.2, 0.25) is 5.02 Å². The van der Waals surface area contributed by atoms with E-state index in [1.807, 2.05) is 6.07 Å². The van der Waals surface area contributed by atoms with Crippen molar-refractivity contribution in [2.75, 3.05) is 31.1 Å². The molecular formula is C16H15ClN2O4. The number of hydrogen-bond donors (Lipinski definition) is 2. The number of anilines is 2. The van der Waals surface area contributed by atoms with Gasteiger partial charge in [0.2, 0.25) is 12.7 Å². The Morgan fingerprint density at radius 2 is 2.04 bits per heavy atom. The lowest BCUT2D eigenvalue weighted by molar-refractivity contribution is -0.114. The molecule has 0 spiro atoms. The summed E-state index contributed by atoms with van der Waals surface area (Å²) in [6.45, 7) is 0.309. The van der Waals surface area contributed by atoms with E-state index in [0.29, 0.717) is 28.0 Å². The first-order valence-electron chi connectivity index (χ1n) is 6.92. The standard InChI is InChI=1S/C16H15ClN2O4/c1-21-13-4-2-10(17)6-12(13)19-16(20)8-18-11-3-5-14-15(7-11)23-9-22-14/h2-7,18H,8-9H2,1H3,(H,19,20). The summed E-state index contributed by atoms with van der Waals surface area (Å²) in [5.74, 6) is 1.68.